The lowest BCUT2D eigenvalue weighted by Gasteiger charge is -2.22. The largest absolute Gasteiger partial charge is 0.495 e. The number of hydrogen-bond acceptors (Lipinski definition) is 3. The van der Waals surface area contributed by atoms with Crippen molar-refractivity contribution in [2.45, 2.75) is 52.9 Å². The molecule has 0 saturated carbocycles. The van der Waals surface area contributed by atoms with Crippen LogP contribution in [0.1, 0.15) is 61.1 Å². The van der Waals surface area contributed by atoms with Gasteiger partial charge in [-0.3, -0.25) is 4.98 Å². The summed E-state index contributed by atoms with van der Waals surface area (Å²) in [6.07, 6.45) is 7.41. The number of pyridine rings is 1. The molecule has 2 heterocycles. The van der Waals surface area contributed by atoms with Gasteiger partial charge in [0, 0.05) is 5.57 Å². The fourth-order valence-corrected chi connectivity index (χ4v) is 3.92. The molecule has 1 saturated heterocycles. The van der Waals surface area contributed by atoms with Gasteiger partial charge in [-0.1, -0.05) is 49.6 Å². The predicted molar refractivity (Wildman–Crippen MR) is 113 cm³/mol. The number of nitrogens with one attached hydrogen (secondary N) is 1. The van der Waals surface area contributed by atoms with Crippen LogP contribution in [0.25, 0.3) is 5.57 Å². The van der Waals surface area contributed by atoms with E-state index in [1.54, 1.807) is 12.7 Å². The first-order chi connectivity index (χ1) is 13.2. The van der Waals surface area contributed by atoms with Gasteiger partial charge in [0.05, 0.1) is 19.0 Å². The minimum atomic E-state index is 0.852. The summed E-state index contributed by atoms with van der Waals surface area (Å²) >= 11 is 0. The standard InChI is InChI=1S/C21H24N2O.C3H8/c1-14-3-6-19-16(11-14)4-5-17-12-18(24-2)13-23-21(17)20(19)15-7-9-22-10-8-15;1-3-2/h3,6,11-13,22H,4-5,7-10H2,1-2H3;3H2,1-2H3. The van der Waals surface area contributed by atoms with Crippen molar-refractivity contribution in [2.24, 2.45) is 0 Å². The van der Waals surface area contributed by atoms with Gasteiger partial charge in [-0.05, 0) is 68.5 Å². The Bertz CT molecular complexity index is 815. The van der Waals surface area contributed by atoms with Crippen LogP contribution in [0, 0.1) is 6.92 Å². The van der Waals surface area contributed by atoms with Gasteiger partial charge in [0.1, 0.15) is 5.75 Å². The maximum atomic E-state index is 5.41. The van der Waals surface area contributed by atoms with Gasteiger partial charge in [-0.25, -0.2) is 0 Å². The molecule has 0 bridgehead atoms. The zero-order valence-corrected chi connectivity index (χ0v) is 17.2. The van der Waals surface area contributed by atoms with E-state index in [-0.39, 0.29) is 0 Å². The fourth-order valence-electron chi connectivity index (χ4n) is 3.92. The normalized spacial score (nSPS) is 15.9. The molecule has 0 unspecified atom stereocenters. The zero-order chi connectivity index (χ0) is 19.2. The molecule has 4 rings (SSSR count). The molecule has 0 atom stereocenters. The average Bonchev–Trinajstić information content (AvgIpc) is 2.85. The third-order valence-electron chi connectivity index (χ3n) is 5.17. The molecular formula is C24H32N2O. The van der Waals surface area contributed by atoms with E-state index in [0.717, 1.165) is 50.2 Å². The third-order valence-corrected chi connectivity index (χ3v) is 5.17. The van der Waals surface area contributed by atoms with Crippen LogP contribution < -0.4 is 10.1 Å². The van der Waals surface area contributed by atoms with E-state index < -0.39 is 0 Å². The highest BCUT2D eigenvalue weighted by molar-refractivity contribution is 5.84. The number of aromatic nitrogens is 1. The van der Waals surface area contributed by atoms with Gasteiger partial charge >= 0.3 is 0 Å². The van der Waals surface area contributed by atoms with Crippen LogP contribution in [0.4, 0.5) is 0 Å². The van der Waals surface area contributed by atoms with E-state index >= 15 is 0 Å². The maximum Gasteiger partial charge on any atom is 0.137 e. The Morgan fingerprint density at radius 1 is 1.00 bits per heavy atom. The number of nitrogens with zero attached hydrogens (tertiary/aromatic N) is 1. The Morgan fingerprint density at radius 3 is 2.41 bits per heavy atom. The Labute approximate surface area is 163 Å². The summed E-state index contributed by atoms with van der Waals surface area (Å²) in [5, 5.41) is 3.47. The molecule has 2 aromatic rings. The number of ether oxygens (including phenoxy) is 1. The van der Waals surface area contributed by atoms with Crippen molar-refractivity contribution in [1.82, 2.24) is 10.3 Å². The van der Waals surface area contributed by atoms with Gasteiger partial charge in [-0.15, -0.1) is 0 Å². The van der Waals surface area contributed by atoms with Crippen molar-refractivity contribution < 1.29 is 4.74 Å². The third kappa shape index (κ3) is 4.41. The summed E-state index contributed by atoms with van der Waals surface area (Å²) in [6.45, 7) is 8.55. The molecule has 1 N–H and O–H groups in total. The Hall–Kier alpha value is -2.13. The predicted octanol–water partition coefficient (Wildman–Crippen LogP) is 5.10. The number of aryl methyl sites for hydroxylation is 3. The van der Waals surface area contributed by atoms with Crippen molar-refractivity contribution in [2.75, 3.05) is 20.2 Å². The van der Waals surface area contributed by atoms with Gasteiger partial charge in [0.25, 0.3) is 0 Å². The molecule has 144 valence electrons. The lowest BCUT2D eigenvalue weighted by molar-refractivity contribution is 0.412. The van der Waals surface area contributed by atoms with Crippen LogP contribution in [0.5, 0.6) is 5.75 Å². The molecule has 0 spiro atoms. The van der Waals surface area contributed by atoms with E-state index in [2.05, 4.69) is 50.4 Å². The van der Waals surface area contributed by atoms with Gasteiger partial charge < -0.3 is 10.1 Å². The molecule has 2 aliphatic rings. The van der Waals surface area contributed by atoms with E-state index in [1.165, 1.54) is 34.2 Å². The van der Waals surface area contributed by atoms with Crippen molar-refractivity contribution in [1.29, 1.82) is 0 Å². The highest BCUT2D eigenvalue weighted by Gasteiger charge is 2.23. The zero-order valence-electron chi connectivity index (χ0n) is 17.2. The molecule has 1 aliphatic carbocycles. The Balaban J connectivity index is 0.000000659. The SMILES string of the molecule is CCC.COc1cnc2c(c1)CCc1cc(C)ccc1C2=C1CCNCC1. The van der Waals surface area contributed by atoms with Gasteiger partial charge in [-0.2, -0.15) is 0 Å². The Kier molecular flexibility index (Phi) is 6.68. The highest BCUT2D eigenvalue weighted by atomic mass is 16.5. The smallest absolute Gasteiger partial charge is 0.137 e. The number of methoxy groups -OCH3 is 1. The number of benzene rings is 1. The molecule has 1 aromatic heterocycles. The summed E-state index contributed by atoms with van der Waals surface area (Å²) in [4.78, 5) is 4.82. The summed E-state index contributed by atoms with van der Waals surface area (Å²) in [5.74, 6) is 0.852. The summed E-state index contributed by atoms with van der Waals surface area (Å²) in [6, 6.07) is 9.05. The number of hydrogen-bond donors (Lipinski definition) is 1. The maximum absolute atomic E-state index is 5.41. The van der Waals surface area contributed by atoms with Crippen LogP contribution in [-0.2, 0) is 12.8 Å². The first kappa shape index (κ1) is 19.6. The molecule has 3 heteroatoms. The molecule has 3 nitrogen and oxygen atoms in total. The highest BCUT2D eigenvalue weighted by Crippen LogP contribution is 2.38. The van der Waals surface area contributed by atoms with Crippen molar-refractivity contribution in [3.05, 3.63) is 64.0 Å². The lowest BCUT2D eigenvalue weighted by atomic mass is 9.88. The molecule has 1 aromatic carbocycles. The fraction of sp³-hybridized carbons (Fsp3) is 0.458. The minimum Gasteiger partial charge on any atom is -0.495 e. The van der Waals surface area contributed by atoms with Gasteiger partial charge in [0.2, 0.25) is 0 Å². The van der Waals surface area contributed by atoms with Crippen LogP contribution in [-0.4, -0.2) is 25.2 Å². The van der Waals surface area contributed by atoms with Crippen LogP contribution in [0.15, 0.2) is 36.0 Å². The average molecular weight is 365 g/mol. The minimum absolute atomic E-state index is 0.852. The van der Waals surface area contributed by atoms with E-state index in [1.807, 2.05) is 6.20 Å². The van der Waals surface area contributed by atoms with Crippen molar-refractivity contribution in [3.8, 4) is 5.75 Å². The number of piperidine rings is 1. The molecule has 27 heavy (non-hydrogen) atoms. The number of rotatable bonds is 1. The van der Waals surface area contributed by atoms with E-state index in [0.29, 0.717) is 0 Å². The topological polar surface area (TPSA) is 34.1 Å². The van der Waals surface area contributed by atoms with Crippen LogP contribution >= 0.6 is 0 Å². The first-order valence-corrected chi connectivity index (χ1v) is 10.2. The number of fused-ring (bicyclic) bond motifs is 2. The first-order valence-electron chi connectivity index (χ1n) is 10.2. The van der Waals surface area contributed by atoms with Gasteiger partial charge in [0.15, 0.2) is 0 Å². The summed E-state index contributed by atoms with van der Waals surface area (Å²) in [7, 11) is 1.71. The lowest BCUT2D eigenvalue weighted by Crippen LogP contribution is -2.24. The monoisotopic (exact) mass is 364 g/mol. The van der Waals surface area contributed by atoms with Crippen LogP contribution in [0.3, 0.4) is 0 Å². The molecular weight excluding hydrogens is 332 g/mol. The summed E-state index contributed by atoms with van der Waals surface area (Å²) in [5.41, 5.74) is 9.56. The second kappa shape index (κ2) is 9.18. The molecule has 1 fully saturated rings. The second-order valence-corrected chi connectivity index (χ2v) is 7.48. The van der Waals surface area contributed by atoms with E-state index in [4.69, 9.17) is 9.72 Å². The Morgan fingerprint density at radius 2 is 1.70 bits per heavy atom. The molecule has 1 aliphatic heterocycles. The molecule has 0 radical (unpaired) electrons. The van der Waals surface area contributed by atoms with Crippen LogP contribution in [0.2, 0.25) is 0 Å². The summed E-state index contributed by atoms with van der Waals surface area (Å²) < 4.78 is 5.41. The quantitative estimate of drug-likeness (QED) is 0.764. The van der Waals surface area contributed by atoms with Crippen molar-refractivity contribution >= 4 is 5.57 Å². The van der Waals surface area contributed by atoms with Crippen molar-refractivity contribution in [3.63, 3.8) is 0 Å². The second-order valence-electron chi connectivity index (χ2n) is 7.48. The van der Waals surface area contributed by atoms with E-state index in [9.17, 15) is 0 Å². The molecule has 0 amide bonds.